The van der Waals surface area contributed by atoms with E-state index < -0.39 is 0 Å². The van der Waals surface area contributed by atoms with Crippen LogP contribution in [0.3, 0.4) is 0 Å². The molecule has 3 N–H and O–H groups in total. The molecular weight excluding hydrogens is 260 g/mol. The molecule has 0 unspecified atom stereocenters. The molecule has 0 bridgehead atoms. The van der Waals surface area contributed by atoms with E-state index in [2.05, 4.69) is 48.2 Å². The smallest absolute Gasteiger partial charge is 0.223 e. The number of hydrogen-bond acceptors (Lipinski definition) is 4. The summed E-state index contributed by atoms with van der Waals surface area (Å²) >= 11 is 5.85. The van der Waals surface area contributed by atoms with Crippen molar-refractivity contribution >= 4 is 29.1 Å². The summed E-state index contributed by atoms with van der Waals surface area (Å²) in [5.74, 6) is 0.741. The third-order valence-corrected chi connectivity index (χ3v) is 2.91. The van der Waals surface area contributed by atoms with Crippen molar-refractivity contribution in [3.63, 3.8) is 0 Å². The summed E-state index contributed by atoms with van der Waals surface area (Å²) in [4.78, 5) is 7.92. The maximum Gasteiger partial charge on any atom is 0.223 e. The van der Waals surface area contributed by atoms with Crippen LogP contribution in [0.2, 0.25) is 5.15 Å². The molecule has 100 valence electrons. The van der Waals surface area contributed by atoms with E-state index in [0.717, 1.165) is 5.69 Å². The Kier molecular flexibility index (Phi) is 3.62. The molecule has 1 aromatic heterocycles. The topological polar surface area (TPSA) is 63.8 Å². The highest BCUT2D eigenvalue weighted by Crippen LogP contribution is 2.26. The molecule has 0 aliphatic rings. The molecule has 0 radical (unpaired) electrons. The lowest BCUT2D eigenvalue weighted by Gasteiger charge is -2.20. The number of aromatic nitrogens is 2. The molecule has 0 aliphatic carbocycles. The number of anilines is 3. The van der Waals surface area contributed by atoms with Gasteiger partial charge in [0, 0.05) is 11.8 Å². The van der Waals surface area contributed by atoms with Gasteiger partial charge in [0.15, 0.2) is 0 Å². The van der Waals surface area contributed by atoms with Crippen molar-refractivity contribution in [1.82, 2.24) is 9.97 Å². The van der Waals surface area contributed by atoms with Gasteiger partial charge in [0.2, 0.25) is 5.95 Å². The zero-order valence-electron chi connectivity index (χ0n) is 11.2. The Bertz CT molecular complexity index is 570. The van der Waals surface area contributed by atoms with E-state index in [4.69, 9.17) is 17.3 Å². The summed E-state index contributed by atoms with van der Waals surface area (Å²) in [6, 6.07) is 9.82. The molecule has 0 saturated carbocycles. The Morgan fingerprint density at radius 2 is 1.89 bits per heavy atom. The Morgan fingerprint density at radius 1 is 1.16 bits per heavy atom. The van der Waals surface area contributed by atoms with Crippen molar-refractivity contribution in [1.29, 1.82) is 0 Å². The van der Waals surface area contributed by atoms with Crippen LogP contribution in [0.25, 0.3) is 0 Å². The van der Waals surface area contributed by atoms with E-state index in [9.17, 15) is 0 Å². The van der Waals surface area contributed by atoms with Gasteiger partial charge in [-0.25, -0.2) is 4.98 Å². The molecule has 0 spiro atoms. The maximum atomic E-state index is 5.85. The second kappa shape index (κ2) is 5.05. The van der Waals surface area contributed by atoms with E-state index in [1.807, 2.05) is 12.1 Å². The fourth-order valence-electron chi connectivity index (χ4n) is 1.71. The molecule has 0 aliphatic heterocycles. The number of nitrogens with one attached hydrogen (secondary N) is 1. The molecule has 5 heteroatoms. The minimum absolute atomic E-state index is 0.0973. The number of nitrogens with two attached hydrogens (primary N) is 1. The highest BCUT2D eigenvalue weighted by atomic mass is 35.5. The van der Waals surface area contributed by atoms with Gasteiger partial charge in [-0.05, 0) is 23.1 Å². The Hall–Kier alpha value is -1.81. The predicted octanol–water partition coefficient (Wildman–Crippen LogP) is 3.75. The second-order valence-corrected chi connectivity index (χ2v) is 5.78. The minimum Gasteiger partial charge on any atom is -0.368 e. The summed E-state index contributed by atoms with van der Waals surface area (Å²) in [5.41, 5.74) is 7.85. The van der Waals surface area contributed by atoms with Gasteiger partial charge in [-0.1, -0.05) is 44.5 Å². The van der Waals surface area contributed by atoms with Crippen LogP contribution in [0.15, 0.2) is 30.3 Å². The van der Waals surface area contributed by atoms with Gasteiger partial charge in [-0.3, -0.25) is 0 Å². The number of nitrogens with zero attached hydrogens (tertiary/aromatic N) is 2. The molecule has 2 aromatic rings. The monoisotopic (exact) mass is 276 g/mol. The van der Waals surface area contributed by atoms with Crippen LogP contribution in [-0.2, 0) is 5.41 Å². The average Bonchev–Trinajstić information content (AvgIpc) is 2.26. The standard InChI is InChI=1S/C14H17ClN4/c1-14(2,3)9-5-4-6-10(7-9)17-12-8-11(15)18-13(16)19-12/h4-8H,1-3H3,(H3,16,17,18,19). The lowest BCUT2D eigenvalue weighted by atomic mass is 9.87. The maximum absolute atomic E-state index is 5.85. The Morgan fingerprint density at radius 3 is 2.53 bits per heavy atom. The molecule has 0 saturated heterocycles. The molecule has 1 aromatic carbocycles. The van der Waals surface area contributed by atoms with E-state index in [1.54, 1.807) is 6.07 Å². The van der Waals surface area contributed by atoms with E-state index >= 15 is 0 Å². The molecule has 0 fully saturated rings. The molecule has 2 rings (SSSR count). The Labute approximate surface area is 118 Å². The van der Waals surface area contributed by atoms with Crippen LogP contribution in [0, 0.1) is 0 Å². The molecule has 0 atom stereocenters. The Balaban J connectivity index is 2.28. The summed E-state index contributed by atoms with van der Waals surface area (Å²) in [7, 11) is 0. The van der Waals surface area contributed by atoms with Gasteiger partial charge in [0.05, 0.1) is 0 Å². The first kappa shape index (κ1) is 13.6. The predicted molar refractivity (Wildman–Crippen MR) is 79.9 cm³/mol. The van der Waals surface area contributed by atoms with Crippen LogP contribution >= 0.6 is 11.6 Å². The van der Waals surface area contributed by atoms with Gasteiger partial charge < -0.3 is 11.1 Å². The largest absolute Gasteiger partial charge is 0.368 e. The molecule has 4 nitrogen and oxygen atoms in total. The molecular formula is C14H17ClN4. The van der Waals surface area contributed by atoms with Gasteiger partial charge in [0.25, 0.3) is 0 Å². The van der Waals surface area contributed by atoms with Gasteiger partial charge in [-0.2, -0.15) is 4.98 Å². The first-order valence-electron chi connectivity index (χ1n) is 6.02. The van der Waals surface area contributed by atoms with Gasteiger partial charge >= 0.3 is 0 Å². The van der Waals surface area contributed by atoms with Crippen LogP contribution in [-0.4, -0.2) is 9.97 Å². The number of benzene rings is 1. The van der Waals surface area contributed by atoms with Crippen LogP contribution in [0.4, 0.5) is 17.5 Å². The van der Waals surface area contributed by atoms with Crippen LogP contribution < -0.4 is 11.1 Å². The third kappa shape index (κ3) is 3.58. The number of halogens is 1. The summed E-state index contributed by atoms with van der Waals surface area (Å²) in [6.07, 6.45) is 0. The fourth-order valence-corrected chi connectivity index (χ4v) is 1.90. The van der Waals surface area contributed by atoms with E-state index in [0.29, 0.717) is 11.0 Å². The van der Waals surface area contributed by atoms with Crippen molar-refractivity contribution in [3.8, 4) is 0 Å². The summed E-state index contributed by atoms with van der Waals surface area (Å²) in [5, 5.41) is 3.50. The molecule has 0 amide bonds. The summed E-state index contributed by atoms with van der Waals surface area (Å²) < 4.78 is 0. The molecule has 19 heavy (non-hydrogen) atoms. The van der Waals surface area contributed by atoms with Crippen molar-refractivity contribution in [2.75, 3.05) is 11.1 Å². The van der Waals surface area contributed by atoms with E-state index in [-0.39, 0.29) is 11.4 Å². The van der Waals surface area contributed by atoms with Crippen molar-refractivity contribution < 1.29 is 0 Å². The van der Waals surface area contributed by atoms with E-state index in [1.165, 1.54) is 5.56 Å². The lowest BCUT2D eigenvalue weighted by Crippen LogP contribution is -2.11. The zero-order valence-corrected chi connectivity index (χ0v) is 12.0. The number of hydrogen-bond donors (Lipinski definition) is 2. The molecule has 1 heterocycles. The zero-order chi connectivity index (χ0) is 14.0. The van der Waals surface area contributed by atoms with Gasteiger partial charge in [0.1, 0.15) is 11.0 Å². The van der Waals surface area contributed by atoms with Crippen LogP contribution in [0.5, 0.6) is 0 Å². The van der Waals surface area contributed by atoms with Crippen molar-refractivity contribution in [2.24, 2.45) is 0 Å². The van der Waals surface area contributed by atoms with Crippen molar-refractivity contribution in [2.45, 2.75) is 26.2 Å². The normalized spacial score (nSPS) is 11.4. The first-order chi connectivity index (χ1) is 8.84. The van der Waals surface area contributed by atoms with Crippen LogP contribution in [0.1, 0.15) is 26.3 Å². The third-order valence-electron chi connectivity index (χ3n) is 2.71. The second-order valence-electron chi connectivity index (χ2n) is 5.39. The summed E-state index contributed by atoms with van der Waals surface area (Å²) in [6.45, 7) is 6.52. The quantitative estimate of drug-likeness (QED) is 0.820. The fraction of sp³-hybridized carbons (Fsp3) is 0.286. The first-order valence-corrected chi connectivity index (χ1v) is 6.40. The SMILES string of the molecule is CC(C)(C)c1cccc(Nc2cc(Cl)nc(N)n2)c1. The average molecular weight is 277 g/mol. The number of rotatable bonds is 2. The van der Waals surface area contributed by atoms with Crippen molar-refractivity contribution in [3.05, 3.63) is 41.0 Å². The lowest BCUT2D eigenvalue weighted by molar-refractivity contribution is 0.590. The number of nitrogen functional groups attached to an aromatic ring is 1. The highest BCUT2D eigenvalue weighted by Gasteiger charge is 2.13. The minimum atomic E-state index is 0.0973. The highest BCUT2D eigenvalue weighted by molar-refractivity contribution is 6.29. The van der Waals surface area contributed by atoms with Gasteiger partial charge in [-0.15, -0.1) is 0 Å².